The number of carbonyl (C=O) groups excluding carboxylic acids is 2. The van der Waals surface area contributed by atoms with Crippen LogP contribution in [-0.4, -0.2) is 33.4 Å². The maximum atomic E-state index is 12.2. The molecule has 8 nitrogen and oxygen atoms in total. The van der Waals surface area contributed by atoms with Crippen LogP contribution < -0.4 is 16.0 Å². The summed E-state index contributed by atoms with van der Waals surface area (Å²) < 4.78 is 0. The lowest BCUT2D eigenvalue weighted by molar-refractivity contribution is -0.119. The first kappa shape index (κ1) is 23.3. The van der Waals surface area contributed by atoms with Gasteiger partial charge in [-0.1, -0.05) is 49.1 Å². The van der Waals surface area contributed by atoms with Crippen molar-refractivity contribution < 1.29 is 9.59 Å². The van der Waals surface area contributed by atoms with E-state index in [9.17, 15) is 9.59 Å². The van der Waals surface area contributed by atoms with E-state index in [1.807, 2.05) is 44.2 Å². The molecule has 0 atom stereocenters. The molecule has 0 fully saturated rings. The van der Waals surface area contributed by atoms with Crippen LogP contribution in [0.15, 0.2) is 79.2 Å². The highest BCUT2D eigenvalue weighted by molar-refractivity contribution is 5.89. The van der Waals surface area contributed by atoms with Crippen molar-refractivity contribution in [1.29, 1.82) is 0 Å². The van der Waals surface area contributed by atoms with Crippen LogP contribution in [0.25, 0.3) is 16.7 Å². The van der Waals surface area contributed by atoms with E-state index in [0.717, 1.165) is 5.56 Å². The predicted octanol–water partition coefficient (Wildman–Crippen LogP) is 4.00. The molecule has 8 heteroatoms. The van der Waals surface area contributed by atoms with Crippen LogP contribution in [0, 0.1) is 0 Å². The number of nitrogens with zero attached hydrogens (tertiary/aromatic N) is 3. The van der Waals surface area contributed by atoms with Gasteiger partial charge in [-0.2, -0.15) is 0 Å². The highest BCUT2D eigenvalue weighted by Crippen LogP contribution is 2.17. The van der Waals surface area contributed by atoms with Gasteiger partial charge in [-0.05, 0) is 37.6 Å². The summed E-state index contributed by atoms with van der Waals surface area (Å²) in [6.07, 6.45) is 7.18. The molecule has 1 aromatic carbocycles. The number of hydrogen-bond acceptors (Lipinski definition) is 5. The van der Waals surface area contributed by atoms with Crippen LogP contribution in [0.3, 0.4) is 0 Å². The number of aromatic nitrogens is 3. The first-order valence-corrected chi connectivity index (χ1v) is 10.5. The Balaban J connectivity index is 1.74. The summed E-state index contributed by atoms with van der Waals surface area (Å²) in [6.45, 7) is 8.01. The summed E-state index contributed by atoms with van der Waals surface area (Å²) in [4.78, 5) is 37.3. The van der Waals surface area contributed by atoms with Crippen LogP contribution >= 0.6 is 0 Å². The van der Waals surface area contributed by atoms with E-state index < -0.39 is 0 Å². The van der Waals surface area contributed by atoms with Gasteiger partial charge in [0.15, 0.2) is 5.65 Å². The van der Waals surface area contributed by atoms with Gasteiger partial charge in [0.1, 0.15) is 11.3 Å². The lowest BCUT2D eigenvalue weighted by Gasteiger charge is -2.07. The van der Waals surface area contributed by atoms with Crippen LogP contribution in [0.2, 0.25) is 0 Å². The molecule has 168 valence electrons. The average Bonchev–Trinajstić information content (AvgIpc) is 2.80. The Kier molecular flexibility index (Phi) is 8.02. The lowest BCUT2D eigenvalue weighted by Crippen LogP contribution is -2.28. The first-order valence-electron chi connectivity index (χ1n) is 10.5. The summed E-state index contributed by atoms with van der Waals surface area (Å²) in [5, 5.41) is 8.18. The van der Waals surface area contributed by atoms with Crippen molar-refractivity contribution in [3.63, 3.8) is 0 Å². The van der Waals surface area contributed by atoms with Crippen molar-refractivity contribution in [3.8, 4) is 0 Å². The number of amides is 3. The molecular weight excluding hydrogens is 416 g/mol. The van der Waals surface area contributed by atoms with Crippen molar-refractivity contribution in [2.24, 2.45) is 0 Å². The smallest absolute Gasteiger partial charge is 0.320 e. The molecule has 3 aromatic rings. The fraction of sp³-hybridized carbons (Fsp3) is 0.160. The maximum Gasteiger partial charge on any atom is 0.320 e. The summed E-state index contributed by atoms with van der Waals surface area (Å²) in [5.74, 6) is 0.284. The van der Waals surface area contributed by atoms with Crippen LogP contribution in [0.5, 0.6) is 0 Å². The van der Waals surface area contributed by atoms with E-state index in [0.29, 0.717) is 46.9 Å². The maximum absolute atomic E-state index is 12.2. The van der Waals surface area contributed by atoms with Gasteiger partial charge in [-0.25, -0.2) is 14.8 Å². The zero-order chi connectivity index (χ0) is 23.6. The Morgan fingerprint density at radius 3 is 2.58 bits per heavy atom. The highest BCUT2D eigenvalue weighted by Gasteiger charge is 2.08. The molecule has 0 aliphatic heterocycles. The minimum atomic E-state index is -0.338. The average molecular weight is 443 g/mol. The Morgan fingerprint density at radius 2 is 1.85 bits per heavy atom. The second-order valence-corrected chi connectivity index (χ2v) is 7.17. The van der Waals surface area contributed by atoms with Gasteiger partial charge in [-0.3, -0.25) is 15.1 Å². The third-order valence-corrected chi connectivity index (χ3v) is 4.56. The van der Waals surface area contributed by atoms with Crippen LogP contribution in [-0.2, 0) is 11.2 Å². The van der Waals surface area contributed by atoms with Gasteiger partial charge in [-0.15, -0.1) is 0 Å². The summed E-state index contributed by atoms with van der Waals surface area (Å²) in [5.41, 5.74) is 3.92. The Hall–Kier alpha value is -4.33. The lowest BCUT2D eigenvalue weighted by atomic mass is 10.1. The van der Waals surface area contributed by atoms with Crippen molar-refractivity contribution in [1.82, 2.24) is 25.6 Å². The van der Waals surface area contributed by atoms with Crippen molar-refractivity contribution in [2.45, 2.75) is 20.3 Å². The van der Waals surface area contributed by atoms with Crippen LogP contribution in [0.4, 0.5) is 10.6 Å². The number of carbonyl (C=O) groups is 2. The molecule has 0 saturated carbocycles. The number of anilines is 1. The molecule has 2 aromatic heterocycles. The topological polar surface area (TPSA) is 109 Å². The summed E-state index contributed by atoms with van der Waals surface area (Å²) >= 11 is 0. The number of fused-ring (bicyclic) bond motifs is 1. The summed E-state index contributed by atoms with van der Waals surface area (Å²) in [6, 6.07) is 12.6. The first-order chi connectivity index (χ1) is 16.0. The zero-order valence-electron chi connectivity index (χ0n) is 18.6. The van der Waals surface area contributed by atoms with Crippen molar-refractivity contribution in [2.75, 3.05) is 11.9 Å². The molecular formula is C25H26N6O2. The van der Waals surface area contributed by atoms with E-state index in [2.05, 4.69) is 37.5 Å². The second kappa shape index (κ2) is 11.3. The number of allylic oxidation sites excluding steroid dienone is 5. The number of nitrogens with one attached hydrogen (secondary N) is 3. The van der Waals surface area contributed by atoms with E-state index in [1.54, 1.807) is 36.6 Å². The number of urea groups is 1. The largest absolute Gasteiger partial charge is 0.338 e. The molecule has 0 bridgehead atoms. The summed E-state index contributed by atoms with van der Waals surface area (Å²) in [7, 11) is 0. The standard InChI is InChI=1S/C25H26N6O2/c1-4-19(12-11-17(3)28-23(32)15-18-9-7-6-8-10-18)21-16-27-20-13-14-22(30-24(20)29-21)31-25(33)26-5-2/h4,6-14,16H,1,5,15H2,2-3H3,(H,28,32)(H2,26,29,30,31,33)/b17-11+,19-12+. The molecule has 0 unspecified atom stereocenters. The van der Waals surface area contributed by atoms with Gasteiger partial charge < -0.3 is 10.6 Å². The third kappa shape index (κ3) is 6.83. The number of rotatable bonds is 8. The zero-order valence-corrected chi connectivity index (χ0v) is 18.6. The molecule has 2 heterocycles. The van der Waals surface area contributed by atoms with Crippen molar-refractivity contribution in [3.05, 3.63) is 90.4 Å². The molecule has 0 saturated heterocycles. The fourth-order valence-electron chi connectivity index (χ4n) is 2.99. The monoisotopic (exact) mass is 442 g/mol. The number of benzene rings is 1. The van der Waals surface area contributed by atoms with Gasteiger partial charge >= 0.3 is 6.03 Å². The SMILES string of the molecule is C=C/C(=C\C=C(/C)NC(=O)Cc1ccccc1)c1cnc2ccc(NC(=O)NCC)nc2n1. The minimum absolute atomic E-state index is 0.0923. The molecule has 0 spiro atoms. The fourth-order valence-corrected chi connectivity index (χ4v) is 2.99. The van der Waals surface area contributed by atoms with Gasteiger partial charge in [0.2, 0.25) is 5.91 Å². The molecule has 0 aliphatic carbocycles. The van der Waals surface area contributed by atoms with Gasteiger partial charge in [0.25, 0.3) is 0 Å². The molecule has 33 heavy (non-hydrogen) atoms. The molecule has 0 radical (unpaired) electrons. The minimum Gasteiger partial charge on any atom is -0.338 e. The van der Waals surface area contributed by atoms with E-state index >= 15 is 0 Å². The Bertz CT molecular complexity index is 1220. The number of hydrogen-bond donors (Lipinski definition) is 3. The molecule has 3 rings (SSSR count). The predicted molar refractivity (Wildman–Crippen MR) is 130 cm³/mol. The quantitative estimate of drug-likeness (QED) is 0.457. The third-order valence-electron chi connectivity index (χ3n) is 4.56. The Morgan fingerprint density at radius 1 is 1.06 bits per heavy atom. The molecule has 3 amide bonds. The second-order valence-electron chi connectivity index (χ2n) is 7.17. The number of pyridine rings is 1. The van der Waals surface area contributed by atoms with E-state index in [1.165, 1.54) is 0 Å². The van der Waals surface area contributed by atoms with Gasteiger partial charge in [0, 0.05) is 17.8 Å². The van der Waals surface area contributed by atoms with Gasteiger partial charge in [0.05, 0.1) is 18.3 Å². The van der Waals surface area contributed by atoms with E-state index in [4.69, 9.17) is 0 Å². The Labute approximate surface area is 192 Å². The molecule has 3 N–H and O–H groups in total. The van der Waals surface area contributed by atoms with Crippen molar-refractivity contribution >= 4 is 34.5 Å². The highest BCUT2D eigenvalue weighted by atomic mass is 16.2. The van der Waals surface area contributed by atoms with E-state index in [-0.39, 0.29) is 11.9 Å². The van der Waals surface area contributed by atoms with Crippen LogP contribution in [0.1, 0.15) is 25.1 Å². The molecule has 0 aliphatic rings. The normalized spacial score (nSPS) is 11.7.